The van der Waals surface area contributed by atoms with Crippen LogP contribution in [0.2, 0.25) is 0 Å². The highest BCUT2D eigenvalue weighted by molar-refractivity contribution is 8.00. The molecule has 0 amide bonds. The van der Waals surface area contributed by atoms with Gasteiger partial charge in [-0.2, -0.15) is 11.8 Å². The summed E-state index contributed by atoms with van der Waals surface area (Å²) in [6.07, 6.45) is 7.40. The molecular weight excluding hydrogens is 166 g/mol. The Hall–Kier alpha value is 0.310. The average molecular weight is 185 g/mol. The fourth-order valence-corrected chi connectivity index (χ4v) is 2.79. The van der Waals surface area contributed by atoms with Gasteiger partial charge in [0.25, 0.3) is 0 Å². The van der Waals surface area contributed by atoms with Crippen molar-refractivity contribution in [3.8, 4) is 0 Å². The van der Waals surface area contributed by atoms with E-state index in [0.29, 0.717) is 0 Å². The van der Waals surface area contributed by atoms with Crippen LogP contribution in [-0.4, -0.2) is 24.1 Å². The molecule has 1 saturated heterocycles. The monoisotopic (exact) mass is 185 g/mol. The Morgan fingerprint density at radius 3 is 2.42 bits per heavy atom. The van der Waals surface area contributed by atoms with Gasteiger partial charge in [0.2, 0.25) is 0 Å². The summed E-state index contributed by atoms with van der Waals surface area (Å²) in [4.78, 5) is 0. The first kappa shape index (κ1) is 8.89. The quantitative estimate of drug-likeness (QED) is 0.724. The van der Waals surface area contributed by atoms with Crippen molar-refractivity contribution in [1.29, 1.82) is 0 Å². The lowest BCUT2D eigenvalue weighted by atomic mass is 9.89. The van der Waals surface area contributed by atoms with Gasteiger partial charge in [0.05, 0.1) is 0 Å². The maximum atomic E-state index is 3.67. The minimum atomic E-state index is 0.858. The first-order valence-corrected chi connectivity index (χ1v) is 6.42. The van der Waals surface area contributed by atoms with Crippen molar-refractivity contribution in [2.24, 2.45) is 5.92 Å². The SMILES string of the molecule is C1CCC(CNC2CSC2)CC1. The lowest BCUT2D eigenvalue weighted by Crippen LogP contribution is -2.42. The van der Waals surface area contributed by atoms with E-state index in [9.17, 15) is 0 Å². The van der Waals surface area contributed by atoms with Crippen molar-refractivity contribution in [3.63, 3.8) is 0 Å². The minimum Gasteiger partial charge on any atom is -0.312 e. The van der Waals surface area contributed by atoms with E-state index in [-0.39, 0.29) is 0 Å². The largest absolute Gasteiger partial charge is 0.312 e. The van der Waals surface area contributed by atoms with Crippen LogP contribution in [0.1, 0.15) is 32.1 Å². The Morgan fingerprint density at radius 2 is 1.83 bits per heavy atom. The van der Waals surface area contributed by atoms with Crippen molar-refractivity contribution in [1.82, 2.24) is 5.32 Å². The van der Waals surface area contributed by atoms with E-state index in [4.69, 9.17) is 0 Å². The number of rotatable bonds is 3. The molecule has 0 atom stereocenters. The Bertz CT molecular complexity index is 128. The van der Waals surface area contributed by atoms with Crippen LogP contribution >= 0.6 is 11.8 Å². The molecule has 0 radical (unpaired) electrons. The molecule has 1 aliphatic heterocycles. The summed E-state index contributed by atoms with van der Waals surface area (Å²) in [6.45, 7) is 1.30. The van der Waals surface area contributed by atoms with Gasteiger partial charge < -0.3 is 5.32 Å². The fraction of sp³-hybridized carbons (Fsp3) is 1.00. The first-order valence-electron chi connectivity index (χ1n) is 5.26. The third-order valence-corrected chi connectivity index (χ3v) is 4.33. The van der Waals surface area contributed by atoms with E-state index < -0.39 is 0 Å². The number of thioether (sulfide) groups is 1. The van der Waals surface area contributed by atoms with Crippen LogP contribution in [0.15, 0.2) is 0 Å². The summed E-state index contributed by atoms with van der Waals surface area (Å²) in [5, 5.41) is 3.67. The molecular formula is C10H19NS. The molecule has 0 aromatic heterocycles. The Morgan fingerprint density at radius 1 is 1.08 bits per heavy atom. The van der Waals surface area contributed by atoms with Crippen LogP contribution in [-0.2, 0) is 0 Å². The zero-order valence-corrected chi connectivity index (χ0v) is 8.54. The topological polar surface area (TPSA) is 12.0 Å². The highest BCUT2D eigenvalue weighted by atomic mass is 32.2. The second-order valence-corrected chi connectivity index (χ2v) is 5.22. The summed E-state index contributed by atoms with van der Waals surface area (Å²) >= 11 is 2.07. The summed E-state index contributed by atoms with van der Waals surface area (Å²) in [6, 6.07) is 0.858. The Balaban J connectivity index is 1.58. The molecule has 2 fully saturated rings. The molecule has 0 unspecified atom stereocenters. The zero-order chi connectivity index (χ0) is 8.23. The molecule has 1 aliphatic carbocycles. The van der Waals surface area contributed by atoms with Crippen LogP contribution in [0.4, 0.5) is 0 Å². The van der Waals surface area contributed by atoms with Crippen molar-refractivity contribution < 1.29 is 0 Å². The second kappa shape index (κ2) is 4.52. The van der Waals surface area contributed by atoms with Gasteiger partial charge in [-0.1, -0.05) is 19.3 Å². The average Bonchev–Trinajstić information content (AvgIpc) is 2.04. The van der Waals surface area contributed by atoms with E-state index in [1.165, 1.54) is 50.2 Å². The van der Waals surface area contributed by atoms with E-state index >= 15 is 0 Å². The minimum absolute atomic E-state index is 0.858. The maximum absolute atomic E-state index is 3.67. The van der Waals surface area contributed by atoms with Gasteiger partial charge in [0.15, 0.2) is 0 Å². The van der Waals surface area contributed by atoms with Crippen molar-refractivity contribution in [2.75, 3.05) is 18.1 Å². The van der Waals surface area contributed by atoms with E-state index in [1.807, 2.05) is 0 Å². The van der Waals surface area contributed by atoms with Gasteiger partial charge in [-0.25, -0.2) is 0 Å². The standard InChI is InChI=1S/C10H19NS/c1-2-4-9(5-3-1)6-11-10-7-12-8-10/h9-11H,1-8H2. The molecule has 12 heavy (non-hydrogen) atoms. The molecule has 1 heterocycles. The van der Waals surface area contributed by atoms with Gasteiger partial charge in [-0.15, -0.1) is 0 Å². The number of hydrogen-bond acceptors (Lipinski definition) is 2. The third-order valence-electron chi connectivity index (χ3n) is 3.06. The Labute approximate surface area is 79.7 Å². The van der Waals surface area contributed by atoms with E-state index in [2.05, 4.69) is 17.1 Å². The van der Waals surface area contributed by atoms with Crippen molar-refractivity contribution in [3.05, 3.63) is 0 Å². The number of nitrogens with one attached hydrogen (secondary N) is 1. The molecule has 2 aliphatic rings. The first-order chi connectivity index (χ1) is 5.95. The van der Waals surface area contributed by atoms with Gasteiger partial charge in [-0.05, 0) is 25.3 Å². The maximum Gasteiger partial charge on any atom is 0.0248 e. The van der Waals surface area contributed by atoms with Gasteiger partial charge in [0, 0.05) is 17.5 Å². The van der Waals surface area contributed by atoms with Crippen LogP contribution in [0, 0.1) is 5.92 Å². The molecule has 0 aromatic rings. The smallest absolute Gasteiger partial charge is 0.0248 e. The highest BCUT2D eigenvalue weighted by Gasteiger charge is 2.19. The predicted molar refractivity (Wildman–Crippen MR) is 55.7 cm³/mol. The van der Waals surface area contributed by atoms with E-state index in [0.717, 1.165) is 12.0 Å². The lowest BCUT2D eigenvalue weighted by molar-refractivity contribution is 0.333. The third kappa shape index (κ3) is 2.40. The lowest BCUT2D eigenvalue weighted by Gasteiger charge is -2.29. The molecule has 0 spiro atoms. The summed E-state index contributed by atoms with van der Waals surface area (Å²) < 4.78 is 0. The molecule has 2 heteroatoms. The summed E-state index contributed by atoms with van der Waals surface area (Å²) in [5.41, 5.74) is 0. The van der Waals surface area contributed by atoms with Crippen LogP contribution in [0.25, 0.3) is 0 Å². The summed E-state index contributed by atoms with van der Waals surface area (Å²) in [7, 11) is 0. The molecule has 2 rings (SSSR count). The van der Waals surface area contributed by atoms with Crippen LogP contribution in [0.3, 0.4) is 0 Å². The highest BCUT2D eigenvalue weighted by Crippen LogP contribution is 2.24. The summed E-state index contributed by atoms with van der Waals surface area (Å²) in [5.74, 6) is 3.71. The molecule has 1 N–H and O–H groups in total. The van der Waals surface area contributed by atoms with Crippen molar-refractivity contribution in [2.45, 2.75) is 38.1 Å². The van der Waals surface area contributed by atoms with Gasteiger partial charge in [-0.3, -0.25) is 0 Å². The zero-order valence-electron chi connectivity index (χ0n) is 7.72. The van der Waals surface area contributed by atoms with Crippen LogP contribution in [0.5, 0.6) is 0 Å². The van der Waals surface area contributed by atoms with Gasteiger partial charge in [0.1, 0.15) is 0 Å². The molecule has 1 nitrogen and oxygen atoms in total. The van der Waals surface area contributed by atoms with E-state index in [1.54, 1.807) is 0 Å². The fourth-order valence-electron chi connectivity index (χ4n) is 2.08. The second-order valence-electron chi connectivity index (χ2n) is 4.15. The Kier molecular flexibility index (Phi) is 3.35. The van der Waals surface area contributed by atoms with Crippen molar-refractivity contribution >= 4 is 11.8 Å². The predicted octanol–water partition coefficient (Wildman–Crippen LogP) is 2.27. The normalized spacial score (nSPS) is 27.0. The molecule has 70 valence electrons. The molecule has 0 bridgehead atoms. The van der Waals surface area contributed by atoms with Gasteiger partial charge >= 0.3 is 0 Å². The molecule has 0 aromatic carbocycles. The number of hydrogen-bond donors (Lipinski definition) is 1. The molecule has 1 saturated carbocycles. The van der Waals surface area contributed by atoms with Crippen LogP contribution < -0.4 is 5.32 Å².